The number of aryl methyl sites for hydroxylation is 1. The predicted octanol–water partition coefficient (Wildman–Crippen LogP) is 4.35. The molecule has 0 saturated carbocycles. The largest absolute Gasteiger partial charge is 0.490 e. The highest BCUT2D eigenvalue weighted by molar-refractivity contribution is 5.86. The number of hydrogen-bond acceptors (Lipinski definition) is 4. The maximum absolute atomic E-state index is 12.8. The van der Waals surface area contributed by atoms with E-state index in [1.807, 2.05) is 19.1 Å². The number of aromatic nitrogens is 3. The van der Waals surface area contributed by atoms with E-state index in [1.54, 1.807) is 24.4 Å². The summed E-state index contributed by atoms with van der Waals surface area (Å²) in [6.07, 6.45) is 0.775. The van der Waals surface area contributed by atoms with Gasteiger partial charge in [-0.05, 0) is 44.0 Å². The molecule has 1 aliphatic heterocycles. The first-order valence-electron chi connectivity index (χ1n) is 9.69. The molecule has 0 radical (unpaired) electrons. The molecular weight excluding hydrogens is 381 g/mol. The second-order valence-electron chi connectivity index (χ2n) is 7.44. The van der Waals surface area contributed by atoms with Crippen LogP contribution in [0, 0.1) is 6.92 Å². The van der Waals surface area contributed by atoms with Crippen molar-refractivity contribution < 1.29 is 17.9 Å². The third-order valence-electron chi connectivity index (χ3n) is 5.17. The van der Waals surface area contributed by atoms with Gasteiger partial charge in [0.05, 0.1) is 11.2 Å². The zero-order valence-electron chi connectivity index (χ0n) is 16.2. The van der Waals surface area contributed by atoms with Gasteiger partial charge >= 0.3 is 6.18 Å². The molecule has 4 rings (SSSR count). The zero-order valence-corrected chi connectivity index (χ0v) is 16.2. The monoisotopic (exact) mass is 404 g/mol. The molecule has 0 N–H and O–H groups in total. The van der Waals surface area contributed by atoms with Crippen LogP contribution >= 0.6 is 0 Å². The molecule has 1 aliphatic rings. The average molecular weight is 404 g/mol. The van der Waals surface area contributed by atoms with E-state index in [9.17, 15) is 13.2 Å². The van der Waals surface area contributed by atoms with Crippen LogP contribution < -0.4 is 4.74 Å². The van der Waals surface area contributed by atoms with Gasteiger partial charge in [0, 0.05) is 37.4 Å². The third kappa shape index (κ3) is 4.87. The summed E-state index contributed by atoms with van der Waals surface area (Å²) < 4.78 is 45.7. The van der Waals surface area contributed by atoms with Gasteiger partial charge in [-0.15, -0.1) is 0 Å². The maximum atomic E-state index is 12.8. The second kappa shape index (κ2) is 8.02. The molecule has 1 fully saturated rings. The van der Waals surface area contributed by atoms with Crippen LogP contribution in [-0.4, -0.2) is 44.8 Å². The van der Waals surface area contributed by atoms with Crippen molar-refractivity contribution in [2.75, 3.05) is 13.1 Å². The van der Waals surface area contributed by atoms with Crippen LogP contribution in [0.25, 0.3) is 10.9 Å². The van der Waals surface area contributed by atoms with Crippen molar-refractivity contribution in [1.82, 2.24) is 19.4 Å². The Morgan fingerprint density at radius 1 is 1.14 bits per heavy atom. The number of rotatable bonds is 5. The number of hydrogen-bond donors (Lipinski definition) is 0. The molecule has 3 heterocycles. The Labute approximate surface area is 167 Å². The quantitative estimate of drug-likeness (QED) is 0.634. The van der Waals surface area contributed by atoms with Gasteiger partial charge in [0.15, 0.2) is 0 Å². The molecule has 3 aromatic rings. The van der Waals surface area contributed by atoms with Gasteiger partial charge in [0.25, 0.3) is 0 Å². The molecule has 1 aromatic carbocycles. The number of benzene rings is 1. The van der Waals surface area contributed by atoms with E-state index in [1.165, 1.54) is 10.8 Å². The molecule has 0 atom stereocenters. The number of ether oxygens (including phenoxy) is 1. The number of nitrogens with zero attached hydrogens (tertiary/aromatic N) is 4. The van der Waals surface area contributed by atoms with E-state index in [2.05, 4.69) is 14.9 Å². The Kier molecular flexibility index (Phi) is 5.45. The van der Waals surface area contributed by atoms with Crippen molar-refractivity contribution >= 4 is 10.9 Å². The molecule has 0 aliphatic carbocycles. The fourth-order valence-electron chi connectivity index (χ4n) is 3.82. The van der Waals surface area contributed by atoms with Crippen LogP contribution in [0.3, 0.4) is 0 Å². The highest BCUT2D eigenvalue weighted by atomic mass is 19.4. The van der Waals surface area contributed by atoms with E-state index in [0.717, 1.165) is 49.4 Å². The minimum atomic E-state index is -4.25. The average Bonchev–Trinajstić information content (AvgIpc) is 3.06. The lowest BCUT2D eigenvalue weighted by Gasteiger charge is -2.32. The zero-order chi connectivity index (χ0) is 20.4. The number of halogens is 3. The molecule has 0 bridgehead atoms. The van der Waals surface area contributed by atoms with E-state index in [0.29, 0.717) is 11.3 Å². The van der Waals surface area contributed by atoms with Gasteiger partial charge in [-0.2, -0.15) is 13.2 Å². The molecule has 8 heteroatoms. The van der Waals surface area contributed by atoms with Gasteiger partial charge in [0.2, 0.25) is 0 Å². The third-order valence-corrected chi connectivity index (χ3v) is 5.17. The molecule has 1 saturated heterocycles. The Morgan fingerprint density at radius 3 is 2.66 bits per heavy atom. The highest BCUT2D eigenvalue weighted by Gasteiger charge is 2.28. The van der Waals surface area contributed by atoms with Gasteiger partial charge < -0.3 is 9.30 Å². The fourth-order valence-corrected chi connectivity index (χ4v) is 3.82. The molecular formula is C21H23F3N4O. The van der Waals surface area contributed by atoms with Crippen LogP contribution in [0.2, 0.25) is 0 Å². The Bertz CT molecular complexity index is 977. The number of likely N-dealkylation sites (tertiary alicyclic amines) is 1. The Hall–Kier alpha value is -2.61. The van der Waals surface area contributed by atoms with Crippen molar-refractivity contribution in [3.05, 3.63) is 54.2 Å². The van der Waals surface area contributed by atoms with Crippen LogP contribution in [-0.2, 0) is 13.1 Å². The lowest BCUT2D eigenvalue weighted by molar-refractivity contribution is -0.139. The van der Waals surface area contributed by atoms with Crippen LogP contribution in [0.15, 0.2) is 42.7 Å². The molecule has 0 spiro atoms. The molecule has 0 unspecified atom stereocenters. The number of alkyl halides is 3. The summed E-state index contributed by atoms with van der Waals surface area (Å²) in [4.78, 5) is 10.9. The normalized spacial score (nSPS) is 16.4. The standard InChI is InChI=1S/C21H23F3N4O/c1-15-25-9-5-16(26-15)13-27-10-6-17(7-11-27)29-20-4-2-3-19-18(20)8-12-28(19)14-21(22,23)24/h2-5,8-9,12,17H,6-7,10-11,13-14H2,1H3. The summed E-state index contributed by atoms with van der Waals surface area (Å²) in [5.74, 6) is 1.42. The number of piperidine rings is 1. The topological polar surface area (TPSA) is 43.2 Å². The van der Waals surface area contributed by atoms with E-state index in [-0.39, 0.29) is 6.10 Å². The first-order valence-corrected chi connectivity index (χ1v) is 9.69. The fraction of sp³-hybridized carbons (Fsp3) is 0.429. The van der Waals surface area contributed by atoms with E-state index < -0.39 is 12.7 Å². The van der Waals surface area contributed by atoms with Crippen molar-refractivity contribution in [3.8, 4) is 5.75 Å². The number of fused-ring (bicyclic) bond motifs is 1. The predicted molar refractivity (Wildman–Crippen MR) is 104 cm³/mol. The van der Waals surface area contributed by atoms with Gasteiger partial charge in [-0.1, -0.05) is 6.07 Å². The summed E-state index contributed by atoms with van der Waals surface area (Å²) in [5, 5.41) is 0.718. The van der Waals surface area contributed by atoms with E-state index >= 15 is 0 Å². The maximum Gasteiger partial charge on any atom is 0.406 e. The summed E-state index contributed by atoms with van der Waals surface area (Å²) in [6, 6.07) is 8.90. The molecule has 5 nitrogen and oxygen atoms in total. The minimum Gasteiger partial charge on any atom is -0.490 e. The van der Waals surface area contributed by atoms with Crippen molar-refractivity contribution in [3.63, 3.8) is 0 Å². The highest BCUT2D eigenvalue weighted by Crippen LogP contribution is 2.31. The molecule has 154 valence electrons. The smallest absolute Gasteiger partial charge is 0.406 e. The minimum absolute atomic E-state index is 0.0509. The second-order valence-corrected chi connectivity index (χ2v) is 7.44. The van der Waals surface area contributed by atoms with E-state index in [4.69, 9.17) is 4.74 Å². The van der Waals surface area contributed by atoms with Crippen LogP contribution in [0.1, 0.15) is 24.4 Å². The van der Waals surface area contributed by atoms with Crippen LogP contribution in [0.5, 0.6) is 5.75 Å². The lowest BCUT2D eigenvalue weighted by atomic mass is 10.1. The first-order chi connectivity index (χ1) is 13.9. The van der Waals surface area contributed by atoms with Crippen molar-refractivity contribution in [2.45, 2.75) is 45.1 Å². The Morgan fingerprint density at radius 2 is 1.93 bits per heavy atom. The summed E-state index contributed by atoms with van der Waals surface area (Å²) >= 11 is 0. The lowest BCUT2D eigenvalue weighted by Crippen LogP contribution is -2.38. The summed E-state index contributed by atoms with van der Waals surface area (Å²) in [7, 11) is 0. The van der Waals surface area contributed by atoms with Crippen molar-refractivity contribution in [2.24, 2.45) is 0 Å². The van der Waals surface area contributed by atoms with Crippen molar-refractivity contribution in [1.29, 1.82) is 0 Å². The van der Waals surface area contributed by atoms with Crippen LogP contribution in [0.4, 0.5) is 13.2 Å². The molecule has 0 amide bonds. The molecule has 29 heavy (non-hydrogen) atoms. The SMILES string of the molecule is Cc1nccc(CN2CCC(Oc3cccc4c3ccn4CC(F)(F)F)CC2)n1. The summed E-state index contributed by atoms with van der Waals surface area (Å²) in [5.41, 5.74) is 1.55. The van der Waals surface area contributed by atoms with Gasteiger partial charge in [-0.3, -0.25) is 4.90 Å². The first kappa shape index (κ1) is 19.7. The van der Waals surface area contributed by atoms with Gasteiger partial charge in [0.1, 0.15) is 24.2 Å². The van der Waals surface area contributed by atoms with Gasteiger partial charge in [-0.25, -0.2) is 9.97 Å². The molecule has 2 aromatic heterocycles. The Balaban J connectivity index is 1.39. The summed E-state index contributed by atoms with van der Waals surface area (Å²) in [6.45, 7) is 3.44.